The van der Waals surface area contributed by atoms with Gasteiger partial charge in [0.05, 0.1) is 0 Å². The Morgan fingerprint density at radius 3 is 2.69 bits per heavy atom. The first-order valence-corrected chi connectivity index (χ1v) is 6.38. The van der Waals surface area contributed by atoms with Crippen molar-refractivity contribution in [3.63, 3.8) is 0 Å². The molecule has 2 amide bonds. The van der Waals surface area contributed by atoms with Crippen LogP contribution in [0.2, 0.25) is 0 Å². The third-order valence-corrected chi connectivity index (χ3v) is 3.40. The van der Waals surface area contributed by atoms with Crippen LogP contribution in [-0.2, 0) is 9.59 Å². The maximum Gasteiger partial charge on any atom is 0.246 e. The van der Waals surface area contributed by atoms with E-state index in [1.165, 1.54) is 6.92 Å². The van der Waals surface area contributed by atoms with Gasteiger partial charge < -0.3 is 10.2 Å². The molecule has 1 rings (SSSR count). The number of nitrogens with one attached hydrogen (secondary N) is 1. The first kappa shape index (κ1) is 13.4. The summed E-state index contributed by atoms with van der Waals surface area (Å²) in [6.07, 6.45) is 2.18. The van der Waals surface area contributed by atoms with E-state index in [4.69, 9.17) is 0 Å². The average Bonchev–Trinajstić information content (AvgIpc) is 2.73. The normalized spacial score (nSPS) is 21.9. The molecule has 0 aromatic heterocycles. The van der Waals surface area contributed by atoms with Crippen molar-refractivity contribution in [2.75, 3.05) is 18.8 Å². The molecule has 92 valence electrons. The van der Waals surface area contributed by atoms with E-state index < -0.39 is 6.04 Å². The Morgan fingerprint density at radius 2 is 2.25 bits per heavy atom. The fourth-order valence-electron chi connectivity index (χ4n) is 2.02. The largest absolute Gasteiger partial charge is 0.344 e. The zero-order chi connectivity index (χ0) is 12.1. The number of thiol groups is 1. The summed E-state index contributed by atoms with van der Waals surface area (Å²) >= 11 is 4.11. The van der Waals surface area contributed by atoms with Gasteiger partial charge in [-0.05, 0) is 12.3 Å². The maximum absolute atomic E-state index is 12.0. The third-order valence-electron chi connectivity index (χ3n) is 3.03. The standard InChI is InChI=1S/C11H20N2O2S/c1-3-9-4-5-13(6-9)11(15)10(7-16)12-8(2)14/h9-10,16H,3-7H2,1-2H3,(H,12,14). The molecule has 0 aromatic rings. The lowest BCUT2D eigenvalue weighted by Crippen LogP contribution is -2.48. The Balaban J connectivity index is 2.52. The molecule has 5 heteroatoms. The molecular formula is C11H20N2O2S. The molecule has 0 bridgehead atoms. The van der Waals surface area contributed by atoms with E-state index in [-0.39, 0.29) is 11.8 Å². The van der Waals surface area contributed by atoms with E-state index in [0.29, 0.717) is 11.7 Å². The van der Waals surface area contributed by atoms with Crippen LogP contribution >= 0.6 is 12.6 Å². The number of carbonyl (C=O) groups excluding carboxylic acids is 2. The average molecular weight is 244 g/mol. The monoisotopic (exact) mass is 244 g/mol. The van der Waals surface area contributed by atoms with Gasteiger partial charge in [-0.25, -0.2) is 0 Å². The minimum absolute atomic E-state index is 0.00106. The molecule has 1 fully saturated rings. The van der Waals surface area contributed by atoms with Crippen molar-refractivity contribution in [2.45, 2.75) is 32.7 Å². The Kier molecular flexibility index (Phi) is 5.12. The smallest absolute Gasteiger partial charge is 0.246 e. The molecule has 16 heavy (non-hydrogen) atoms. The summed E-state index contributed by atoms with van der Waals surface area (Å²) in [7, 11) is 0. The maximum atomic E-state index is 12.0. The van der Waals surface area contributed by atoms with Gasteiger partial charge in [0, 0.05) is 25.8 Å². The quantitative estimate of drug-likeness (QED) is 0.715. The lowest BCUT2D eigenvalue weighted by Gasteiger charge is -2.22. The number of nitrogens with zero attached hydrogens (tertiary/aromatic N) is 1. The zero-order valence-electron chi connectivity index (χ0n) is 9.90. The second kappa shape index (κ2) is 6.13. The molecule has 1 aliphatic rings. The minimum Gasteiger partial charge on any atom is -0.344 e. The summed E-state index contributed by atoms with van der Waals surface area (Å²) in [5, 5.41) is 2.63. The Hall–Kier alpha value is -0.710. The molecule has 1 heterocycles. The van der Waals surface area contributed by atoms with Crippen LogP contribution in [0.4, 0.5) is 0 Å². The molecule has 0 spiro atoms. The van der Waals surface area contributed by atoms with Crippen molar-refractivity contribution in [1.82, 2.24) is 10.2 Å². The van der Waals surface area contributed by atoms with Gasteiger partial charge in [0.1, 0.15) is 6.04 Å². The third kappa shape index (κ3) is 3.40. The first-order valence-electron chi connectivity index (χ1n) is 5.75. The van der Waals surface area contributed by atoms with Gasteiger partial charge in [-0.2, -0.15) is 12.6 Å². The van der Waals surface area contributed by atoms with Gasteiger partial charge in [0.15, 0.2) is 0 Å². The molecule has 4 nitrogen and oxygen atoms in total. The predicted octanol–water partition coefficient (Wildman–Crippen LogP) is 0.679. The number of likely N-dealkylation sites (tertiary alicyclic amines) is 1. The molecule has 0 aliphatic carbocycles. The molecule has 0 aromatic carbocycles. The molecule has 1 N–H and O–H groups in total. The van der Waals surface area contributed by atoms with Crippen LogP contribution in [0, 0.1) is 5.92 Å². The molecular weight excluding hydrogens is 224 g/mol. The van der Waals surface area contributed by atoms with Crippen molar-refractivity contribution >= 4 is 24.4 Å². The number of hydrogen-bond acceptors (Lipinski definition) is 3. The van der Waals surface area contributed by atoms with E-state index in [2.05, 4.69) is 24.9 Å². The van der Waals surface area contributed by atoms with Crippen LogP contribution in [0.15, 0.2) is 0 Å². The van der Waals surface area contributed by atoms with Gasteiger partial charge in [0.2, 0.25) is 11.8 Å². The van der Waals surface area contributed by atoms with Crippen LogP contribution in [0.1, 0.15) is 26.7 Å². The number of amides is 2. The second-order valence-electron chi connectivity index (χ2n) is 4.28. The lowest BCUT2D eigenvalue weighted by molar-refractivity contribution is -0.134. The lowest BCUT2D eigenvalue weighted by atomic mass is 10.1. The van der Waals surface area contributed by atoms with Crippen molar-refractivity contribution in [3.05, 3.63) is 0 Å². The van der Waals surface area contributed by atoms with E-state index in [0.717, 1.165) is 25.9 Å². The number of hydrogen-bond donors (Lipinski definition) is 2. The van der Waals surface area contributed by atoms with Gasteiger partial charge in [-0.15, -0.1) is 0 Å². The van der Waals surface area contributed by atoms with Crippen LogP contribution in [0.5, 0.6) is 0 Å². The highest BCUT2D eigenvalue weighted by molar-refractivity contribution is 7.80. The minimum atomic E-state index is -0.476. The molecule has 1 aliphatic heterocycles. The highest BCUT2D eigenvalue weighted by atomic mass is 32.1. The second-order valence-corrected chi connectivity index (χ2v) is 4.65. The van der Waals surface area contributed by atoms with E-state index in [1.807, 2.05) is 4.90 Å². The van der Waals surface area contributed by atoms with Crippen molar-refractivity contribution in [3.8, 4) is 0 Å². The van der Waals surface area contributed by atoms with Crippen molar-refractivity contribution in [1.29, 1.82) is 0 Å². The molecule has 1 saturated heterocycles. The van der Waals surface area contributed by atoms with Crippen LogP contribution < -0.4 is 5.32 Å². The first-order chi connectivity index (χ1) is 7.58. The predicted molar refractivity (Wildman–Crippen MR) is 66.4 cm³/mol. The van der Waals surface area contributed by atoms with Crippen molar-refractivity contribution < 1.29 is 9.59 Å². The Morgan fingerprint density at radius 1 is 1.56 bits per heavy atom. The fourth-order valence-corrected chi connectivity index (χ4v) is 2.26. The molecule has 0 saturated carbocycles. The number of carbonyl (C=O) groups is 2. The van der Waals surface area contributed by atoms with Gasteiger partial charge in [0.25, 0.3) is 0 Å². The topological polar surface area (TPSA) is 49.4 Å². The summed E-state index contributed by atoms with van der Waals surface area (Å²) in [6, 6.07) is -0.476. The van der Waals surface area contributed by atoms with Gasteiger partial charge in [-0.1, -0.05) is 13.3 Å². The van der Waals surface area contributed by atoms with Crippen LogP contribution in [-0.4, -0.2) is 41.6 Å². The zero-order valence-corrected chi connectivity index (χ0v) is 10.8. The Bertz CT molecular complexity index is 271. The summed E-state index contributed by atoms with van der Waals surface area (Å²) < 4.78 is 0. The van der Waals surface area contributed by atoms with Crippen molar-refractivity contribution in [2.24, 2.45) is 5.92 Å². The van der Waals surface area contributed by atoms with E-state index >= 15 is 0 Å². The summed E-state index contributed by atoms with van der Waals surface area (Å²) in [4.78, 5) is 24.8. The molecule has 2 unspecified atom stereocenters. The fraction of sp³-hybridized carbons (Fsp3) is 0.818. The summed E-state index contributed by atoms with van der Waals surface area (Å²) in [6.45, 7) is 5.19. The van der Waals surface area contributed by atoms with Gasteiger partial charge >= 0.3 is 0 Å². The van der Waals surface area contributed by atoms with Crippen LogP contribution in [0.25, 0.3) is 0 Å². The number of rotatable bonds is 4. The highest BCUT2D eigenvalue weighted by Crippen LogP contribution is 2.19. The molecule has 2 atom stereocenters. The van der Waals surface area contributed by atoms with E-state index in [9.17, 15) is 9.59 Å². The van der Waals surface area contributed by atoms with E-state index in [1.54, 1.807) is 0 Å². The Labute approximate surface area is 102 Å². The summed E-state index contributed by atoms with van der Waals surface area (Å²) in [5.74, 6) is 0.785. The molecule has 0 radical (unpaired) electrons. The summed E-state index contributed by atoms with van der Waals surface area (Å²) in [5.41, 5.74) is 0. The SMILES string of the molecule is CCC1CCN(C(=O)C(CS)NC(C)=O)C1. The van der Waals surface area contributed by atoms with Gasteiger partial charge in [-0.3, -0.25) is 9.59 Å². The highest BCUT2D eigenvalue weighted by Gasteiger charge is 2.29. The van der Waals surface area contributed by atoms with Crippen LogP contribution in [0.3, 0.4) is 0 Å².